The summed E-state index contributed by atoms with van der Waals surface area (Å²) in [5.41, 5.74) is 0. The van der Waals surface area contributed by atoms with Gasteiger partial charge in [0.2, 0.25) is 12.0 Å². The van der Waals surface area contributed by atoms with Crippen molar-refractivity contribution in [3.8, 4) is 11.5 Å². The summed E-state index contributed by atoms with van der Waals surface area (Å²) in [4.78, 5) is 0. The molecular weight excluding hydrogens is 256 g/mol. The first-order valence-corrected chi connectivity index (χ1v) is 5.98. The van der Waals surface area contributed by atoms with Crippen molar-refractivity contribution in [1.82, 2.24) is 0 Å². The van der Waals surface area contributed by atoms with Crippen LogP contribution in [0.5, 0.6) is 11.5 Å². The second kappa shape index (κ2) is 5.01. The molecule has 1 aliphatic rings. The molecule has 0 unspecified atom stereocenters. The molecule has 2 heterocycles. The van der Waals surface area contributed by atoms with Crippen molar-refractivity contribution >= 4 is 0 Å². The first-order valence-electron chi connectivity index (χ1n) is 5.98. The van der Waals surface area contributed by atoms with E-state index in [1.54, 1.807) is 20.8 Å². The fourth-order valence-electron chi connectivity index (χ4n) is 2.02. The highest BCUT2D eigenvalue weighted by atomic mass is 16.7. The van der Waals surface area contributed by atoms with Gasteiger partial charge < -0.3 is 34.3 Å². The lowest BCUT2D eigenvalue weighted by atomic mass is 10.00. The Morgan fingerprint density at radius 1 is 1.00 bits per heavy atom. The standard InChI is InChI=1S/C12H18O7/c1-4-7(13)9(15)10(16)12(18-4)19-11-6(3)17-5(2)8(11)14/h4,7,9-10,12-16H,1-3H3/t4-,7+,9+,10-,12-/m0/s1. The number of hydrogen-bond donors (Lipinski definition) is 4. The third-order valence-electron chi connectivity index (χ3n) is 3.22. The number of hydrogen-bond acceptors (Lipinski definition) is 7. The molecule has 1 fully saturated rings. The zero-order valence-corrected chi connectivity index (χ0v) is 10.9. The van der Waals surface area contributed by atoms with Crippen molar-refractivity contribution in [3.05, 3.63) is 11.5 Å². The Balaban J connectivity index is 2.18. The van der Waals surface area contributed by atoms with E-state index in [1.165, 1.54) is 0 Å². The SMILES string of the molecule is Cc1oc(C)c(O[C@@H]2O[C@@H](C)[C@@H](O)[C@@H](O)[C@@H]2O)c1O. The van der Waals surface area contributed by atoms with Crippen molar-refractivity contribution in [2.24, 2.45) is 0 Å². The molecule has 7 nitrogen and oxygen atoms in total. The van der Waals surface area contributed by atoms with Crippen LogP contribution in [0.3, 0.4) is 0 Å². The fourth-order valence-corrected chi connectivity index (χ4v) is 2.02. The molecule has 2 rings (SSSR count). The molecule has 7 heteroatoms. The predicted molar refractivity (Wildman–Crippen MR) is 62.8 cm³/mol. The van der Waals surface area contributed by atoms with Gasteiger partial charge in [0.05, 0.1) is 6.10 Å². The van der Waals surface area contributed by atoms with Gasteiger partial charge in [-0.2, -0.15) is 0 Å². The molecule has 1 aliphatic heterocycles. The van der Waals surface area contributed by atoms with Crippen LogP contribution in [0.25, 0.3) is 0 Å². The van der Waals surface area contributed by atoms with E-state index in [-0.39, 0.29) is 17.3 Å². The summed E-state index contributed by atoms with van der Waals surface area (Å²) in [5, 5.41) is 38.8. The Morgan fingerprint density at radius 2 is 1.63 bits per heavy atom. The van der Waals surface area contributed by atoms with Crippen molar-refractivity contribution < 1.29 is 34.3 Å². The maximum Gasteiger partial charge on any atom is 0.229 e. The van der Waals surface area contributed by atoms with E-state index in [0.29, 0.717) is 5.76 Å². The summed E-state index contributed by atoms with van der Waals surface area (Å²) in [7, 11) is 0. The van der Waals surface area contributed by atoms with Crippen LogP contribution in [0.1, 0.15) is 18.4 Å². The molecule has 1 aromatic rings. The minimum absolute atomic E-state index is 0.0531. The lowest BCUT2D eigenvalue weighted by molar-refractivity contribution is -0.268. The molecule has 0 spiro atoms. The molecule has 0 aliphatic carbocycles. The van der Waals surface area contributed by atoms with Crippen LogP contribution < -0.4 is 4.74 Å². The zero-order valence-electron chi connectivity index (χ0n) is 10.9. The van der Waals surface area contributed by atoms with Gasteiger partial charge in [-0.3, -0.25) is 0 Å². The third kappa shape index (κ3) is 2.42. The Morgan fingerprint density at radius 3 is 2.16 bits per heavy atom. The topological polar surface area (TPSA) is 113 Å². The van der Waals surface area contributed by atoms with E-state index in [1.807, 2.05) is 0 Å². The second-order valence-corrected chi connectivity index (χ2v) is 4.69. The summed E-state index contributed by atoms with van der Waals surface area (Å²) in [6.45, 7) is 4.70. The Kier molecular flexibility index (Phi) is 3.73. The molecule has 0 bridgehead atoms. The number of furan rings is 1. The van der Waals surface area contributed by atoms with Crippen molar-refractivity contribution in [2.45, 2.75) is 51.5 Å². The molecule has 108 valence electrons. The summed E-state index contributed by atoms with van der Waals surface area (Å²) in [6.07, 6.45) is -5.92. The molecule has 0 aromatic carbocycles. The van der Waals surface area contributed by atoms with Gasteiger partial charge in [-0.25, -0.2) is 0 Å². The molecule has 1 saturated heterocycles. The average molecular weight is 274 g/mol. The summed E-state index contributed by atoms with van der Waals surface area (Å²) in [6, 6.07) is 0. The van der Waals surface area contributed by atoms with Gasteiger partial charge in [0, 0.05) is 0 Å². The normalized spacial score (nSPS) is 35.4. The summed E-state index contributed by atoms with van der Waals surface area (Å²) < 4.78 is 15.8. The molecule has 19 heavy (non-hydrogen) atoms. The second-order valence-electron chi connectivity index (χ2n) is 4.69. The van der Waals surface area contributed by atoms with E-state index >= 15 is 0 Å². The molecule has 5 atom stereocenters. The van der Waals surface area contributed by atoms with E-state index in [4.69, 9.17) is 13.9 Å². The quantitative estimate of drug-likeness (QED) is 0.591. The molecule has 0 saturated carbocycles. The maximum absolute atomic E-state index is 9.80. The first-order chi connectivity index (χ1) is 8.82. The number of rotatable bonds is 2. The van der Waals surface area contributed by atoms with Crippen LogP contribution in [0, 0.1) is 13.8 Å². The lowest BCUT2D eigenvalue weighted by Gasteiger charge is -2.38. The molecule has 4 N–H and O–H groups in total. The number of ether oxygens (including phenoxy) is 2. The third-order valence-corrected chi connectivity index (χ3v) is 3.22. The number of aliphatic hydroxyl groups is 3. The van der Waals surface area contributed by atoms with E-state index < -0.39 is 30.7 Å². The van der Waals surface area contributed by atoms with E-state index in [0.717, 1.165) is 0 Å². The Hall–Kier alpha value is -1.28. The van der Waals surface area contributed by atoms with Crippen molar-refractivity contribution in [3.63, 3.8) is 0 Å². The predicted octanol–water partition coefficient (Wildman–Crippen LogP) is -0.192. The fraction of sp³-hybridized carbons (Fsp3) is 0.667. The van der Waals surface area contributed by atoms with E-state index in [9.17, 15) is 20.4 Å². The lowest BCUT2D eigenvalue weighted by Crippen LogP contribution is -2.58. The highest BCUT2D eigenvalue weighted by Crippen LogP contribution is 2.37. The zero-order chi connectivity index (χ0) is 14.3. The minimum atomic E-state index is -1.43. The van der Waals surface area contributed by atoms with Crippen LogP contribution in [-0.4, -0.2) is 51.1 Å². The molecule has 0 radical (unpaired) electrons. The van der Waals surface area contributed by atoms with Gasteiger partial charge in [-0.05, 0) is 20.8 Å². The van der Waals surface area contributed by atoms with Crippen LogP contribution in [0.4, 0.5) is 0 Å². The largest absolute Gasteiger partial charge is 0.502 e. The number of aromatic hydroxyl groups is 1. The molecule has 0 amide bonds. The van der Waals surface area contributed by atoms with Crippen LogP contribution in [0.2, 0.25) is 0 Å². The van der Waals surface area contributed by atoms with Crippen molar-refractivity contribution in [1.29, 1.82) is 0 Å². The maximum atomic E-state index is 9.80. The summed E-state index contributed by atoms with van der Waals surface area (Å²) >= 11 is 0. The van der Waals surface area contributed by atoms with E-state index in [2.05, 4.69) is 0 Å². The highest BCUT2D eigenvalue weighted by molar-refractivity contribution is 5.44. The highest BCUT2D eigenvalue weighted by Gasteiger charge is 2.43. The van der Waals surface area contributed by atoms with Crippen LogP contribution in [-0.2, 0) is 4.74 Å². The Bertz CT molecular complexity index is 455. The number of aliphatic hydroxyl groups excluding tert-OH is 3. The van der Waals surface area contributed by atoms with Gasteiger partial charge in [0.25, 0.3) is 0 Å². The minimum Gasteiger partial charge on any atom is -0.502 e. The van der Waals surface area contributed by atoms with Gasteiger partial charge in [-0.1, -0.05) is 0 Å². The van der Waals surface area contributed by atoms with Crippen LogP contribution in [0.15, 0.2) is 4.42 Å². The molecular formula is C12H18O7. The monoisotopic (exact) mass is 274 g/mol. The van der Waals surface area contributed by atoms with Gasteiger partial charge in [0.1, 0.15) is 29.8 Å². The van der Waals surface area contributed by atoms with Gasteiger partial charge in [0.15, 0.2) is 5.75 Å². The van der Waals surface area contributed by atoms with Crippen molar-refractivity contribution in [2.75, 3.05) is 0 Å². The first kappa shape index (κ1) is 14.1. The summed E-state index contributed by atoms with van der Waals surface area (Å²) in [5.74, 6) is 0.490. The van der Waals surface area contributed by atoms with Gasteiger partial charge >= 0.3 is 0 Å². The molecule has 1 aromatic heterocycles. The number of aryl methyl sites for hydroxylation is 2. The Labute approximate surface area is 110 Å². The average Bonchev–Trinajstić information content (AvgIpc) is 2.60. The smallest absolute Gasteiger partial charge is 0.229 e. The van der Waals surface area contributed by atoms with Gasteiger partial charge in [-0.15, -0.1) is 0 Å². The van der Waals surface area contributed by atoms with Crippen LogP contribution >= 0.6 is 0 Å².